The van der Waals surface area contributed by atoms with Crippen molar-refractivity contribution in [3.63, 3.8) is 0 Å². The van der Waals surface area contributed by atoms with Gasteiger partial charge in [-0.3, -0.25) is 9.48 Å². The summed E-state index contributed by atoms with van der Waals surface area (Å²) in [4.78, 5) is 11.4. The third-order valence-corrected chi connectivity index (χ3v) is 3.10. The van der Waals surface area contributed by atoms with Crippen molar-refractivity contribution in [2.24, 2.45) is 5.92 Å². The second-order valence-corrected chi connectivity index (χ2v) is 5.49. The summed E-state index contributed by atoms with van der Waals surface area (Å²) in [6, 6.07) is 0. The molecule has 1 aromatic heterocycles. The second-order valence-electron chi connectivity index (χ2n) is 5.49. The van der Waals surface area contributed by atoms with Gasteiger partial charge in [-0.25, -0.2) is 0 Å². The first-order valence-corrected chi connectivity index (χ1v) is 6.93. The maximum atomic E-state index is 11.4. The van der Waals surface area contributed by atoms with E-state index in [-0.39, 0.29) is 5.92 Å². The first kappa shape index (κ1) is 14.9. The number of nitrogens with zero attached hydrogens (tertiary/aromatic N) is 3. The van der Waals surface area contributed by atoms with E-state index in [0.717, 1.165) is 31.5 Å². The van der Waals surface area contributed by atoms with Crippen molar-refractivity contribution in [3.8, 4) is 0 Å². The molecule has 1 rings (SSSR count). The largest absolute Gasteiger partial charge is 0.299 e. The average Bonchev–Trinajstić information content (AvgIpc) is 2.77. The molecule has 0 aliphatic carbocycles. The van der Waals surface area contributed by atoms with Crippen LogP contribution in [0.3, 0.4) is 0 Å². The number of Topliss-reactive ketones (excluding diaryl/α,β-unsaturated/α-hetero) is 1. The summed E-state index contributed by atoms with van der Waals surface area (Å²) in [6.45, 7) is 9.06. The molecule has 0 saturated heterocycles. The lowest BCUT2D eigenvalue weighted by atomic mass is 10.0. The van der Waals surface area contributed by atoms with Crippen molar-refractivity contribution in [2.75, 3.05) is 0 Å². The molecule has 0 unspecified atom stereocenters. The van der Waals surface area contributed by atoms with Gasteiger partial charge < -0.3 is 0 Å². The minimum Gasteiger partial charge on any atom is -0.299 e. The molecule has 0 aliphatic rings. The number of aryl methyl sites for hydroxylation is 1. The third-order valence-electron chi connectivity index (χ3n) is 3.10. The van der Waals surface area contributed by atoms with Crippen LogP contribution in [-0.2, 0) is 11.3 Å². The minimum atomic E-state index is 0.175. The van der Waals surface area contributed by atoms with Crippen LogP contribution in [0.4, 0.5) is 0 Å². The van der Waals surface area contributed by atoms with E-state index in [2.05, 4.69) is 24.2 Å². The van der Waals surface area contributed by atoms with E-state index in [1.54, 1.807) is 0 Å². The number of hydrogen-bond acceptors (Lipinski definition) is 3. The Bertz CT molecular complexity index is 369. The minimum absolute atomic E-state index is 0.175. The van der Waals surface area contributed by atoms with Crippen LogP contribution in [0.2, 0.25) is 0 Å². The molecule has 18 heavy (non-hydrogen) atoms. The second kappa shape index (κ2) is 7.29. The molecule has 0 saturated carbocycles. The Balaban J connectivity index is 2.16. The van der Waals surface area contributed by atoms with E-state index < -0.39 is 0 Å². The van der Waals surface area contributed by atoms with Gasteiger partial charge in [0, 0.05) is 25.1 Å². The van der Waals surface area contributed by atoms with Gasteiger partial charge in [0.25, 0.3) is 0 Å². The van der Waals surface area contributed by atoms with Crippen LogP contribution in [-0.4, -0.2) is 20.8 Å². The first-order valence-electron chi connectivity index (χ1n) is 6.93. The molecule has 1 heterocycles. The van der Waals surface area contributed by atoms with Crippen molar-refractivity contribution in [2.45, 2.75) is 65.8 Å². The van der Waals surface area contributed by atoms with Crippen LogP contribution in [0, 0.1) is 5.92 Å². The summed E-state index contributed by atoms with van der Waals surface area (Å²) in [6.07, 6.45) is 5.86. The molecule has 0 atom stereocenters. The zero-order valence-corrected chi connectivity index (χ0v) is 12.0. The van der Waals surface area contributed by atoms with Crippen molar-refractivity contribution >= 4 is 5.78 Å². The van der Waals surface area contributed by atoms with E-state index >= 15 is 0 Å². The van der Waals surface area contributed by atoms with Gasteiger partial charge in [0.2, 0.25) is 0 Å². The molecular formula is C14H25N3O. The molecule has 1 aromatic rings. The molecule has 0 spiro atoms. The van der Waals surface area contributed by atoms with Crippen LogP contribution in [0.1, 0.15) is 65.0 Å². The van der Waals surface area contributed by atoms with Crippen LogP contribution < -0.4 is 0 Å². The highest BCUT2D eigenvalue weighted by Crippen LogP contribution is 2.10. The molecule has 102 valence electrons. The van der Waals surface area contributed by atoms with Crippen LogP contribution in [0.15, 0.2) is 6.20 Å². The highest BCUT2D eigenvalue weighted by Gasteiger charge is 2.07. The molecule has 0 fully saturated rings. The predicted octanol–water partition coefficient (Wildman–Crippen LogP) is 3.19. The van der Waals surface area contributed by atoms with Gasteiger partial charge in [0.1, 0.15) is 5.78 Å². The fourth-order valence-corrected chi connectivity index (χ4v) is 1.73. The summed E-state index contributed by atoms with van der Waals surface area (Å²) < 4.78 is 1.90. The number of unbranched alkanes of at least 4 members (excludes halogenated alkanes) is 2. The topological polar surface area (TPSA) is 47.8 Å². The van der Waals surface area contributed by atoms with Crippen molar-refractivity contribution in [1.82, 2.24) is 15.0 Å². The van der Waals surface area contributed by atoms with Gasteiger partial charge >= 0.3 is 0 Å². The Morgan fingerprint density at radius 1 is 1.22 bits per heavy atom. The first-order chi connectivity index (χ1) is 8.50. The van der Waals surface area contributed by atoms with E-state index in [1.807, 2.05) is 24.7 Å². The molecular weight excluding hydrogens is 226 g/mol. The molecule has 0 bridgehead atoms. The quantitative estimate of drug-likeness (QED) is 0.667. The summed E-state index contributed by atoms with van der Waals surface area (Å²) in [5.41, 5.74) is 1.05. The third kappa shape index (κ3) is 4.98. The summed E-state index contributed by atoms with van der Waals surface area (Å²) in [7, 11) is 0. The monoisotopic (exact) mass is 251 g/mol. The number of carbonyl (C=O) groups excluding carboxylic acids is 1. The normalized spacial score (nSPS) is 11.4. The maximum absolute atomic E-state index is 11.4. The average molecular weight is 251 g/mol. The molecule has 0 radical (unpaired) electrons. The van der Waals surface area contributed by atoms with Crippen LogP contribution in [0.5, 0.6) is 0 Å². The number of hydrogen-bond donors (Lipinski definition) is 0. The molecule has 0 N–H and O–H groups in total. The lowest BCUT2D eigenvalue weighted by Gasteiger charge is -2.04. The maximum Gasteiger partial charge on any atom is 0.135 e. The summed E-state index contributed by atoms with van der Waals surface area (Å²) >= 11 is 0. The van der Waals surface area contributed by atoms with E-state index in [9.17, 15) is 4.79 Å². The Morgan fingerprint density at radius 2 is 1.94 bits per heavy atom. The highest BCUT2D eigenvalue weighted by molar-refractivity contribution is 5.80. The standard InChI is InChI=1S/C14H25N3O/c1-11(2)13-10-17(16-15-13)9-7-5-6-8-14(18)12(3)4/h10-12H,5-9H2,1-4H3. The van der Waals surface area contributed by atoms with Gasteiger partial charge in [-0.1, -0.05) is 39.3 Å². The highest BCUT2D eigenvalue weighted by atomic mass is 16.1. The van der Waals surface area contributed by atoms with Crippen molar-refractivity contribution in [1.29, 1.82) is 0 Å². The Kier molecular flexibility index (Phi) is 6.02. The number of ketones is 1. The fraction of sp³-hybridized carbons (Fsp3) is 0.786. The Hall–Kier alpha value is -1.19. The van der Waals surface area contributed by atoms with E-state index in [0.29, 0.717) is 18.1 Å². The molecule has 4 heteroatoms. The Morgan fingerprint density at radius 3 is 2.50 bits per heavy atom. The Labute approximate surface area is 110 Å². The number of carbonyl (C=O) groups is 1. The SMILES string of the molecule is CC(C)C(=O)CCCCCn1cc(C(C)C)nn1. The van der Waals surface area contributed by atoms with Crippen LogP contribution in [0.25, 0.3) is 0 Å². The van der Waals surface area contributed by atoms with Gasteiger partial charge in [0.05, 0.1) is 5.69 Å². The van der Waals surface area contributed by atoms with Gasteiger partial charge in [-0.15, -0.1) is 5.10 Å². The summed E-state index contributed by atoms with van der Waals surface area (Å²) in [5, 5.41) is 8.22. The van der Waals surface area contributed by atoms with E-state index in [1.165, 1.54) is 0 Å². The van der Waals surface area contributed by atoms with Crippen molar-refractivity contribution < 1.29 is 4.79 Å². The fourth-order valence-electron chi connectivity index (χ4n) is 1.73. The molecule has 0 amide bonds. The van der Waals surface area contributed by atoms with Gasteiger partial charge in [0.15, 0.2) is 0 Å². The summed E-state index contributed by atoms with van der Waals surface area (Å²) in [5.74, 6) is 0.981. The lowest BCUT2D eigenvalue weighted by Crippen LogP contribution is -2.06. The zero-order valence-electron chi connectivity index (χ0n) is 12.0. The lowest BCUT2D eigenvalue weighted by molar-refractivity contribution is -0.122. The van der Waals surface area contributed by atoms with Gasteiger partial charge in [-0.2, -0.15) is 0 Å². The van der Waals surface area contributed by atoms with Crippen LogP contribution >= 0.6 is 0 Å². The predicted molar refractivity (Wildman–Crippen MR) is 72.4 cm³/mol. The van der Waals surface area contributed by atoms with Crippen molar-refractivity contribution in [3.05, 3.63) is 11.9 Å². The van der Waals surface area contributed by atoms with Gasteiger partial charge in [-0.05, 0) is 18.8 Å². The number of rotatable bonds is 8. The molecule has 4 nitrogen and oxygen atoms in total. The van der Waals surface area contributed by atoms with E-state index in [4.69, 9.17) is 0 Å². The molecule has 0 aliphatic heterocycles. The smallest absolute Gasteiger partial charge is 0.135 e. The molecule has 0 aromatic carbocycles. The zero-order chi connectivity index (χ0) is 13.5. The number of aromatic nitrogens is 3.